The fourth-order valence-electron chi connectivity index (χ4n) is 1.68. The van der Waals surface area contributed by atoms with E-state index in [1.54, 1.807) is 11.3 Å². The molecule has 0 aliphatic carbocycles. The number of hydrogen-bond acceptors (Lipinski definition) is 4. The number of anilines is 1. The van der Waals surface area contributed by atoms with Crippen molar-refractivity contribution in [2.45, 2.75) is 25.3 Å². The van der Waals surface area contributed by atoms with Gasteiger partial charge in [0.2, 0.25) is 0 Å². The molecule has 1 saturated heterocycles. The fourth-order valence-corrected chi connectivity index (χ4v) is 2.76. The summed E-state index contributed by atoms with van der Waals surface area (Å²) < 4.78 is 5.66. The first-order valence-corrected chi connectivity index (χ1v) is 6.41. The smallest absolute Gasteiger partial charge is 0.185 e. The molecule has 3 nitrogen and oxygen atoms in total. The van der Waals surface area contributed by atoms with Crippen molar-refractivity contribution in [3.8, 4) is 0 Å². The van der Waals surface area contributed by atoms with Crippen molar-refractivity contribution in [1.82, 2.24) is 4.98 Å². The molecule has 5 heteroatoms. The maximum atomic E-state index is 5.74. The van der Waals surface area contributed by atoms with Gasteiger partial charge in [-0.25, -0.2) is 4.98 Å². The third-order valence-corrected chi connectivity index (χ3v) is 3.60. The van der Waals surface area contributed by atoms with Gasteiger partial charge < -0.3 is 9.64 Å². The summed E-state index contributed by atoms with van der Waals surface area (Å²) in [4.78, 5) is 6.74. The molecule has 0 radical (unpaired) electrons. The second-order valence-corrected chi connectivity index (χ2v) is 5.39. The lowest BCUT2D eigenvalue weighted by molar-refractivity contribution is -0.0277. The third kappa shape index (κ3) is 2.62. The van der Waals surface area contributed by atoms with E-state index in [4.69, 9.17) is 16.3 Å². The van der Waals surface area contributed by atoms with E-state index in [9.17, 15) is 0 Å². The van der Waals surface area contributed by atoms with Gasteiger partial charge in [0.15, 0.2) is 5.13 Å². The summed E-state index contributed by atoms with van der Waals surface area (Å²) >= 11 is 7.39. The Morgan fingerprint density at radius 2 is 2.47 bits per heavy atom. The van der Waals surface area contributed by atoms with Gasteiger partial charge in [-0.05, 0) is 13.8 Å². The van der Waals surface area contributed by atoms with Crippen LogP contribution in [-0.4, -0.2) is 30.3 Å². The first-order valence-electron chi connectivity index (χ1n) is 5.00. The molecule has 0 amide bonds. The molecule has 15 heavy (non-hydrogen) atoms. The van der Waals surface area contributed by atoms with Crippen molar-refractivity contribution in [3.63, 3.8) is 0 Å². The molecule has 0 N–H and O–H groups in total. The zero-order valence-corrected chi connectivity index (χ0v) is 10.6. The van der Waals surface area contributed by atoms with Crippen molar-refractivity contribution in [3.05, 3.63) is 11.1 Å². The van der Waals surface area contributed by atoms with Crippen molar-refractivity contribution < 1.29 is 4.74 Å². The monoisotopic (exact) mass is 246 g/mol. The standard InChI is InChI=1S/C10H15ClN2OS/c1-10(2)7-13(3-4-14-10)9-12-8(5-11)6-15-9/h6H,3-5,7H2,1-2H3. The highest BCUT2D eigenvalue weighted by molar-refractivity contribution is 7.13. The normalized spacial score (nSPS) is 20.6. The van der Waals surface area contributed by atoms with Crippen molar-refractivity contribution in [1.29, 1.82) is 0 Å². The molecule has 1 aromatic rings. The van der Waals surface area contributed by atoms with Crippen LogP contribution >= 0.6 is 22.9 Å². The Hall–Kier alpha value is -0.320. The number of halogens is 1. The van der Waals surface area contributed by atoms with E-state index in [-0.39, 0.29) is 5.60 Å². The van der Waals surface area contributed by atoms with E-state index in [1.807, 2.05) is 5.38 Å². The Bertz CT molecular complexity index is 340. The highest BCUT2D eigenvalue weighted by Gasteiger charge is 2.28. The molecule has 0 bridgehead atoms. The second kappa shape index (κ2) is 4.28. The molecule has 0 saturated carbocycles. The number of aromatic nitrogens is 1. The lowest BCUT2D eigenvalue weighted by Crippen LogP contribution is -2.48. The Morgan fingerprint density at radius 1 is 1.67 bits per heavy atom. The summed E-state index contributed by atoms with van der Waals surface area (Å²) in [7, 11) is 0. The maximum Gasteiger partial charge on any atom is 0.185 e. The second-order valence-electron chi connectivity index (χ2n) is 4.28. The van der Waals surface area contributed by atoms with Crippen molar-refractivity contribution in [2.24, 2.45) is 0 Å². The van der Waals surface area contributed by atoms with Crippen LogP contribution in [0.4, 0.5) is 5.13 Å². The quantitative estimate of drug-likeness (QED) is 0.750. The summed E-state index contributed by atoms with van der Waals surface area (Å²) in [5, 5.41) is 3.08. The fraction of sp³-hybridized carbons (Fsp3) is 0.700. The molecule has 1 aliphatic rings. The summed E-state index contributed by atoms with van der Waals surface area (Å²) in [6.07, 6.45) is 0. The van der Waals surface area contributed by atoms with Crippen molar-refractivity contribution in [2.75, 3.05) is 24.6 Å². The number of rotatable bonds is 2. The van der Waals surface area contributed by atoms with Crippen LogP contribution in [-0.2, 0) is 10.6 Å². The van der Waals surface area contributed by atoms with Crippen LogP contribution in [0.1, 0.15) is 19.5 Å². The number of alkyl halides is 1. The SMILES string of the molecule is CC1(C)CN(c2nc(CCl)cs2)CCO1. The van der Waals surface area contributed by atoms with Crippen LogP contribution in [0.25, 0.3) is 0 Å². The van der Waals surface area contributed by atoms with Gasteiger partial charge in [-0.2, -0.15) is 0 Å². The molecule has 84 valence electrons. The summed E-state index contributed by atoms with van der Waals surface area (Å²) in [6, 6.07) is 0. The van der Waals surface area contributed by atoms with Crippen LogP contribution in [0.3, 0.4) is 0 Å². The van der Waals surface area contributed by atoms with Gasteiger partial charge in [-0.3, -0.25) is 0 Å². The number of morpholine rings is 1. The highest BCUT2D eigenvalue weighted by Crippen LogP contribution is 2.26. The van der Waals surface area contributed by atoms with E-state index in [1.165, 1.54) is 0 Å². The first kappa shape index (κ1) is 11.2. The average molecular weight is 247 g/mol. The van der Waals surface area contributed by atoms with E-state index in [0.29, 0.717) is 5.88 Å². The zero-order chi connectivity index (χ0) is 10.9. The third-order valence-electron chi connectivity index (χ3n) is 2.37. The number of thiazole rings is 1. The average Bonchev–Trinajstić information content (AvgIpc) is 2.64. The minimum absolute atomic E-state index is 0.0783. The first-order chi connectivity index (χ1) is 7.11. The van der Waals surface area contributed by atoms with Crippen LogP contribution in [0.5, 0.6) is 0 Å². The molecule has 1 fully saturated rings. The summed E-state index contributed by atoms with van der Waals surface area (Å²) in [5.74, 6) is 0.490. The summed E-state index contributed by atoms with van der Waals surface area (Å²) in [6.45, 7) is 6.79. The molecule has 0 atom stereocenters. The van der Waals surface area contributed by atoms with Gasteiger partial charge >= 0.3 is 0 Å². The molecule has 1 aliphatic heterocycles. The number of nitrogens with zero attached hydrogens (tertiary/aromatic N) is 2. The van der Waals surface area contributed by atoms with E-state index < -0.39 is 0 Å². The lowest BCUT2D eigenvalue weighted by Gasteiger charge is -2.37. The predicted octanol–water partition coefficient (Wildman–Crippen LogP) is 2.50. The topological polar surface area (TPSA) is 25.4 Å². The Kier molecular flexibility index (Phi) is 3.19. The highest BCUT2D eigenvalue weighted by atomic mass is 35.5. The number of ether oxygens (including phenoxy) is 1. The number of hydrogen-bond donors (Lipinski definition) is 0. The van der Waals surface area contributed by atoms with E-state index in [2.05, 4.69) is 23.7 Å². The van der Waals surface area contributed by atoms with Gasteiger partial charge in [0.1, 0.15) is 0 Å². The van der Waals surface area contributed by atoms with Crippen LogP contribution in [0, 0.1) is 0 Å². The molecular weight excluding hydrogens is 232 g/mol. The summed E-state index contributed by atoms with van der Waals surface area (Å²) in [5.41, 5.74) is 0.881. The molecule has 2 heterocycles. The minimum Gasteiger partial charge on any atom is -0.372 e. The molecule has 0 aromatic carbocycles. The molecule has 1 aromatic heterocycles. The maximum absolute atomic E-state index is 5.74. The van der Waals surface area contributed by atoms with Crippen molar-refractivity contribution >= 4 is 28.1 Å². The van der Waals surface area contributed by atoms with Gasteiger partial charge in [0.25, 0.3) is 0 Å². The van der Waals surface area contributed by atoms with Gasteiger partial charge in [0, 0.05) is 18.5 Å². The van der Waals surface area contributed by atoms with Crippen LogP contribution in [0.2, 0.25) is 0 Å². The van der Waals surface area contributed by atoms with Crippen LogP contribution < -0.4 is 4.90 Å². The largest absolute Gasteiger partial charge is 0.372 e. The lowest BCUT2D eigenvalue weighted by atomic mass is 10.1. The molecule has 0 unspecified atom stereocenters. The molecule has 0 spiro atoms. The van der Waals surface area contributed by atoms with Gasteiger partial charge in [-0.1, -0.05) is 0 Å². The zero-order valence-electron chi connectivity index (χ0n) is 8.99. The van der Waals surface area contributed by atoms with E-state index >= 15 is 0 Å². The Balaban J connectivity index is 2.10. The molecule has 2 rings (SSSR count). The molecular formula is C10H15ClN2OS. The minimum atomic E-state index is -0.0783. The van der Waals surface area contributed by atoms with Gasteiger partial charge in [0.05, 0.1) is 23.8 Å². The Labute approximate surface area is 99.0 Å². The van der Waals surface area contributed by atoms with Gasteiger partial charge in [-0.15, -0.1) is 22.9 Å². The van der Waals surface area contributed by atoms with Crippen LogP contribution in [0.15, 0.2) is 5.38 Å². The predicted molar refractivity (Wildman–Crippen MR) is 63.9 cm³/mol. The Morgan fingerprint density at radius 3 is 3.07 bits per heavy atom. The van der Waals surface area contributed by atoms with E-state index in [0.717, 1.165) is 30.5 Å².